The second kappa shape index (κ2) is 7.09. The second-order valence-electron chi connectivity index (χ2n) is 5.35. The third-order valence-electron chi connectivity index (χ3n) is 3.50. The zero-order valence-electron chi connectivity index (χ0n) is 12.1. The topological polar surface area (TPSA) is 69.4 Å². The predicted octanol–water partition coefficient (Wildman–Crippen LogP) is 2.05. The molecular formula is C15H18ClN3O3. The highest BCUT2D eigenvalue weighted by Gasteiger charge is 2.21. The Bertz CT molecular complexity index is 620. The third-order valence-corrected chi connectivity index (χ3v) is 3.73. The van der Waals surface area contributed by atoms with Gasteiger partial charge in [-0.15, -0.1) is 5.10 Å². The number of nitrogens with zero attached hydrogens (tertiary/aromatic N) is 3. The maximum absolute atomic E-state index is 9.64. The van der Waals surface area contributed by atoms with Crippen LogP contribution in [-0.2, 0) is 17.9 Å². The molecule has 1 saturated heterocycles. The summed E-state index contributed by atoms with van der Waals surface area (Å²) in [4.78, 5) is 0. The van der Waals surface area contributed by atoms with Crippen molar-refractivity contribution < 1.29 is 14.6 Å². The molecule has 22 heavy (non-hydrogen) atoms. The van der Waals surface area contributed by atoms with E-state index in [2.05, 4.69) is 10.3 Å². The van der Waals surface area contributed by atoms with Crippen LogP contribution in [0.4, 0.5) is 0 Å². The Morgan fingerprint density at radius 3 is 3.18 bits per heavy atom. The molecule has 118 valence electrons. The fraction of sp³-hybridized carbons (Fsp3) is 0.467. The first-order valence-electron chi connectivity index (χ1n) is 7.26. The summed E-state index contributed by atoms with van der Waals surface area (Å²) in [6.45, 7) is 1.50. The van der Waals surface area contributed by atoms with E-state index in [9.17, 15) is 5.11 Å². The van der Waals surface area contributed by atoms with Crippen LogP contribution in [0.2, 0.25) is 5.02 Å². The monoisotopic (exact) mass is 323 g/mol. The van der Waals surface area contributed by atoms with Crippen molar-refractivity contribution in [3.05, 3.63) is 41.2 Å². The lowest BCUT2D eigenvalue weighted by molar-refractivity contribution is -0.0512. The second-order valence-corrected chi connectivity index (χ2v) is 5.79. The van der Waals surface area contributed by atoms with Crippen LogP contribution < -0.4 is 4.74 Å². The van der Waals surface area contributed by atoms with Crippen LogP contribution in [0.25, 0.3) is 0 Å². The molecule has 3 rings (SSSR count). The minimum atomic E-state index is -0.284. The summed E-state index contributed by atoms with van der Waals surface area (Å²) >= 11 is 5.90. The van der Waals surface area contributed by atoms with Gasteiger partial charge in [-0.25, -0.2) is 4.68 Å². The van der Waals surface area contributed by atoms with Crippen molar-refractivity contribution in [3.63, 3.8) is 0 Å². The summed E-state index contributed by atoms with van der Waals surface area (Å²) in [5.74, 6) is 0.695. The van der Waals surface area contributed by atoms with Gasteiger partial charge in [0.15, 0.2) is 0 Å². The molecule has 2 heterocycles. The SMILES string of the molecule is OC1CCOC(Cn2cc(COc3cccc(Cl)c3)nn2)C1. The van der Waals surface area contributed by atoms with Crippen LogP contribution >= 0.6 is 11.6 Å². The molecule has 2 atom stereocenters. The van der Waals surface area contributed by atoms with Crippen molar-refractivity contribution in [2.75, 3.05) is 6.61 Å². The molecule has 0 saturated carbocycles. The maximum Gasteiger partial charge on any atom is 0.134 e. The quantitative estimate of drug-likeness (QED) is 0.912. The van der Waals surface area contributed by atoms with E-state index in [0.717, 1.165) is 5.69 Å². The molecular weight excluding hydrogens is 306 g/mol. The number of benzene rings is 1. The third kappa shape index (κ3) is 4.19. The molecule has 7 heteroatoms. The average molecular weight is 324 g/mol. The van der Waals surface area contributed by atoms with Crippen molar-refractivity contribution in [2.45, 2.75) is 38.2 Å². The Morgan fingerprint density at radius 1 is 1.45 bits per heavy atom. The largest absolute Gasteiger partial charge is 0.487 e. The van der Waals surface area contributed by atoms with Gasteiger partial charge in [0, 0.05) is 18.1 Å². The Hall–Kier alpha value is -1.63. The highest BCUT2D eigenvalue weighted by molar-refractivity contribution is 6.30. The van der Waals surface area contributed by atoms with Gasteiger partial charge in [-0.1, -0.05) is 22.9 Å². The van der Waals surface area contributed by atoms with Crippen LogP contribution in [0, 0.1) is 0 Å². The Kier molecular flexibility index (Phi) is 4.92. The molecule has 6 nitrogen and oxygen atoms in total. The minimum Gasteiger partial charge on any atom is -0.487 e. The summed E-state index contributed by atoms with van der Waals surface area (Å²) in [6, 6.07) is 7.22. The van der Waals surface area contributed by atoms with Gasteiger partial charge in [0.1, 0.15) is 18.1 Å². The standard InChI is InChI=1S/C15H18ClN3O3/c16-11-2-1-3-14(6-11)22-10-12-8-19(18-17-12)9-15-7-13(20)4-5-21-15/h1-3,6,8,13,15,20H,4-5,7,9-10H2. The normalized spacial score (nSPS) is 21.7. The lowest BCUT2D eigenvalue weighted by atomic mass is 10.1. The lowest BCUT2D eigenvalue weighted by Crippen LogP contribution is -2.32. The first-order valence-corrected chi connectivity index (χ1v) is 7.64. The van der Waals surface area contributed by atoms with Gasteiger partial charge in [-0.3, -0.25) is 0 Å². The molecule has 0 amide bonds. The average Bonchev–Trinajstić information content (AvgIpc) is 2.93. The molecule has 2 aromatic rings. The van der Waals surface area contributed by atoms with Crippen molar-refractivity contribution in [2.24, 2.45) is 0 Å². The molecule has 1 fully saturated rings. The van der Waals surface area contributed by atoms with Gasteiger partial charge in [0.2, 0.25) is 0 Å². The van der Waals surface area contributed by atoms with Crippen molar-refractivity contribution >= 4 is 11.6 Å². The van der Waals surface area contributed by atoms with E-state index in [4.69, 9.17) is 21.1 Å². The zero-order chi connectivity index (χ0) is 15.4. The van der Waals surface area contributed by atoms with E-state index < -0.39 is 0 Å². The summed E-state index contributed by atoms with van der Waals surface area (Å²) in [5, 5.41) is 18.4. The maximum atomic E-state index is 9.64. The number of halogens is 1. The first-order chi connectivity index (χ1) is 10.7. The first kappa shape index (κ1) is 15.3. The number of ether oxygens (including phenoxy) is 2. The van der Waals surface area contributed by atoms with Crippen molar-refractivity contribution in [1.29, 1.82) is 0 Å². The summed E-state index contributed by atoms with van der Waals surface area (Å²) in [7, 11) is 0. The molecule has 1 aromatic heterocycles. The van der Waals surface area contributed by atoms with Crippen LogP contribution in [-0.4, -0.2) is 38.9 Å². The molecule has 0 aliphatic carbocycles. The van der Waals surface area contributed by atoms with Gasteiger partial charge in [0.25, 0.3) is 0 Å². The fourth-order valence-corrected chi connectivity index (χ4v) is 2.58. The van der Waals surface area contributed by atoms with E-state index in [1.165, 1.54) is 0 Å². The number of aliphatic hydroxyl groups is 1. The number of aromatic nitrogens is 3. The van der Waals surface area contributed by atoms with Crippen molar-refractivity contribution in [3.8, 4) is 5.75 Å². The summed E-state index contributed by atoms with van der Waals surface area (Å²) in [6.07, 6.45) is 2.86. The molecule has 0 bridgehead atoms. The minimum absolute atomic E-state index is 0.0212. The zero-order valence-corrected chi connectivity index (χ0v) is 12.8. The molecule has 1 N–H and O–H groups in total. The van der Waals surface area contributed by atoms with Gasteiger partial charge >= 0.3 is 0 Å². The Labute approximate surface area is 133 Å². The van der Waals surface area contributed by atoms with Crippen molar-refractivity contribution in [1.82, 2.24) is 15.0 Å². The molecule has 1 aromatic carbocycles. The van der Waals surface area contributed by atoms with Gasteiger partial charge in [-0.2, -0.15) is 0 Å². The van der Waals surface area contributed by atoms with Crippen LogP contribution in [0.1, 0.15) is 18.5 Å². The summed E-state index contributed by atoms with van der Waals surface area (Å²) in [5.41, 5.74) is 0.733. The Morgan fingerprint density at radius 2 is 2.36 bits per heavy atom. The molecule has 1 aliphatic rings. The molecule has 2 unspecified atom stereocenters. The summed E-state index contributed by atoms with van der Waals surface area (Å²) < 4.78 is 13.0. The van der Waals surface area contributed by atoms with Crippen LogP contribution in [0.3, 0.4) is 0 Å². The van der Waals surface area contributed by atoms with E-state index in [-0.39, 0.29) is 12.2 Å². The van der Waals surface area contributed by atoms with E-state index in [1.807, 2.05) is 18.3 Å². The van der Waals surface area contributed by atoms with Gasteiger partial charge in [0.05, 0.1) is 24.9 Å². The van der Waals surface area contributed by atoms with Gasteiger partial charge in [-0.05, 0) is 24.6 Å². The fourth-order valence-electron chi connectivity index (χ4n) is 2.40. The van der Waals surface area contributed by atoms with E-state index in [1.54, 1.807) is 16.8 Å². The number of hydrogen-bond donors (Lipinski definition) is 1. The number of hydrogen-bond acceptors (Lipinski definition) is 5. The van der Waals surface area contributed by atoms with E-state index in [0.29, 0.717) is 43.4 Å². The lowest BCUT2D eigenvalue weighted by Gasteiger charge is -2.26. The highest BCUT2D eigenvalue weighted by atomic mass is 35.5. The number of rotatable bonds is 5. The molecule has 1 aliphatic heterocycles. The van der Waals surface area contributed by atoms with E-state index >= 15 is 0 Å². The van der Waals surface area contributed by atoms with Gasteiger partial charge < -0.3 is 14.6 Å². The Balaban J connectivity index is 1.52. The predicted molar refractivity (Wildman–Crippen MR) is 80.8 cm³/mol. The smallest absolute Gasteiger partial charge is 0.134 e. The highest BCUT2D eigenvalue weighted by Crippen LogP contribution is 2.18. The molecule has 0 radical (unpaired) electrons. The van der Waals surface area contributed by atoms with Crippen LogP contribution in [0.15, 0.2) is 30.5 Å². The number of aliphatic hydroxyl groups excluding tert-OH is 1. The van der Waals surface area contributed by atoms with Crippen LogP contribution in [0.5, 0.6) is 5.75 Å². The molecule has 0 spiro atoms.